The molecule has 112 valence electrons. The van der Waals surface area contributed by atoms with Crippen LogP contribution in [0.2, 0.25) is 0 Å². The molecule has 4 nitrogen and oxygen atoms in total. The van der Waals surface area contributed by atoms with Crippen molar-refractivity contribution in [2.45, 2.75) is 25.5 Å². The molecule has 2 N–H and O–H groups in total. The third-order valence-electron chi connectivity index (χ3n) is 2.33. The van der Waals surface area contributed by atoms with Crippen molar-refractivity contribution in [1.82, 2.24) is 0 Å². The summed E-state index contributed by atoms with van der Waals surface area (Å²) in [6.45, 7) is 1.41. The van der Waals surface area contributed by atoms with Crippen molar-refractivity contribution >= 4 is 5.97 Å². The highest BCUT2D eigenvalue weighted by molar-refractivity contribution is 5.76. The van der Waals surface area contributed by atoms with Crippen LogP contribution in [0.15, 0.2) is 24.3 Å². The maximum atomic E-state index is 13.7. The van der Waals surface area contributed by atoms with Crippen LogP contribution in [0.5, 0.6) is 5.75 Å². The summed E-state index contributed by atoms with van der Waals surface area (Å²) in [5, 5.41) is 0. The summed E-state index contributed by atoms with van der Waals surface area (Å²) in [7, 11) is 0. The fourth-order valence-electron chi connectivity index (χ4n) is 1.50. The first kappa shape index (κ1) is 16.2. The van der Waals surface area contributed by atoms with Gasteiger partial charge in [0.05, 0.1) is 12.6 Å². The van der Waals surface area contributed by atoms with Gasteiger partial charge in [0.1, 0.15) is 5.75 Å². The highest BCUT2D eigenvalue weighted by atomic mass is 19.4. The first-order chi connectivity index (χ1) is 9.26. The standard InChI is InChI=1S/C12H13F4NO3/c1-2-19-11(18)9(13)10(17)7-5-3-4-6-8(7)20-12(14,15)16/h3-6,9-10H,2,17H2,1H3/t9?,10-/m0/s1. The monoisotopic (exact) mass is 295 g/mol. The van der Waals surface area contributed by atoms with Gasteiger partial charge in [-0.1, -0.05) is 18.2 Å². The van der Waals surface area contributed by atoms with Crippen LogP contribution in [0.3, 0.4) is 0 Å². The minimum Gasteiger partial charge on any atom is -0.464 e. The Morgan fingerprint density at radius 1 is 1.35 bits per heavy atom. The summed E-state index contributed by atoms with van der Waals surface area (Å²) >= 11 is 0. The van der Waals surface area contributed by atoms with Gasteiger partial charge in [-0.2, -0.15) is 0 Å². The van der Waals surface area contributed by atoms with E-state index in [1.165, 1.54) is 19.1 Å². The molecule has 2 atom stereocenters. The molecule has 0 saturated carbocycles. The predicted molar refractivity (Wildman–Crippen MR) is 61.6 cm³/mol. The van der Waals surface area contributed by atoms with Crippen molar-refractivity contribution in [2.24, 2.45) is 5.73 Å². The second kappa shape index (κ2) is 6.56. The molecule has 0 saturated heterocycles. The lowest BCUT2D eigenvalue weighted by Gasteiger charge is -2.19. The number of alkyl halides is 4. The average Bonchev–Trinajstić information content (AvgIpc) is 2.36. The number of para-hydroxylation sites is 1. The van der Waals surface area contributed by atoms with Crippen LogP contribution in [-0.2, 0) is 9.53 Å². The lowest BCUT2D eigenvalue weighted by Crippen LogP contribution is -2.32. The topological polar surface area (TPSA) is 61.5 Å². The molecule has 0 bridgehead atoms. The predicted octanol–water partition coefficient (Wildman–Crippen LogP) is 2.49. The number of hydrogen-bond acceptors (Lipinski definition) is 4. The van der Waals surface area contributed by atoms with Gasteiger partial charge in [-0.05, 0) is 13.0 Å². The Labute approximate surface area is 112 Å². The molecule has 0 spiro atoms. The molecule has 0 aliphatic carbocycles. The Kier molecular flexibility index (Phi) is 5.32. The lowest BCUT2D eigenvalue weighted by molar-refractivity contribution is -0.275. The van der Waals surface area contributed by atoms with Crippen molar-refractivity contribution in [3.8, 4) is 5.75 Å². The van der Waals surface area contributed by atoms with E-state index < -0.39 is 30.3 Å². The number of benzene rings is 1. The minimum absolute atomic E-state index is 0.0628. The van der Waals surface area contributed by atoms with E-state index in [0.717, 1.165) is 12.1 Å². The fourth-order valence-corrected chi connectivity index (χ4v) is 1.50. The second-order valence-corrected chi connectivity index (χ2v) is 3.77. The smallest absolute Gasteiger partial charge is 0.464 e. The summed E-state index contributed by atoms with van der Waals surface area (Å²) in [4.78, 5) is 11.2. The van der Waals surface area contributed by atoms with Gasteiger partial charge in [0.15, 0.2) is 0 Å². The summed E-state index contributed by atoms with van der Waals surface area (Å²) in [5.74, 6) is -1.89. The Bertz CT molecular complexity index is 464. The van der Waals surface area contributed by atoms with Crippen molar-refractivity contribution in [2.75, 3.05) is 6.61 Å². The van der Waals surface area contributed by atoms with Crippen molar-refractivity contribution in [1.29, 1.82) is 0 Å². The largest absolute Gasteiger partial charge is 0.573 e. The maximum absolute atomic E-state index is 13.7. The Hall–Kier alpha value is -1.83. The van der Waals surface area contributed by atoms with Crippen LogP contribution < -0.4 is 10.5 Å². The minimum atomic E-state index is -4.94. The summed E-state index contributed by atoms with van der Waals surface area (Å²) in [5.41, 5.74) is 5.19. The quantitative estimate of drug-likeness (QED) is 0.669. The van der Waals surface area contributed by atoms with Crippen LogP contribution in [0.1, 0.15) is 18.5 Å². The van der Waals surface area contributed by atoms with Gasteiger partial charge in [-0.3, -0.25) is 0 Å². The van der Waals surface area contributed by atoms with E-state index in [4.69, 9.17) is 5.73 Å². The van der Waals surface area contributed by atoms with Gasteiger partial charge in [0, 0.05) is 5.56 Å². The van der Waals surface area contributed by atoms with Crippen LogP contribution in [0, 0.1) is 0 Å². The Morgan fingerprint density at radius 2 is 1.95 bits per heavy atom. The van der Waals surface area contributed by atoms with E-state index in [9.17, 15) is 22.4 Å². The number of esters is 1. The molecule has 0 radical (unpaired) electrons. The molecule has 0 heterocycles. The van der Waals surface area contributed by atoms with Gasteiger partial charge in [0.2, 0.25) is 6.17 Å². The van der Waals surface area contributed by atoms with E-state index in [1.54, 1.807) is 0 Å². The van der Waals surface area contributed by atoms with E-state index in [2.05, 4.69) is 9.47 Å². The van der Waals surface area contributed by atoms with Gasteiger partial charge >= 0.3 is 12.3 Å². The molecular weight excluding hydrogens is 282 g/mol. The third kappa shape index (κ3) is 4.37. The number of ether oxygens (including phenoxy) is 2. The molecular formula is C12H13F4NO3. The summed E-state index contributed by atoms with van der Waals surface area (Å²) in [6.07, 6.45) is -7.22. The van der Waals surface area contributed by atoms with Gasteiger partial charge in [-0.15, -0.1) is 13.2 Å². The molecule has 20 heavy (non-hydrogen) atoms. The highest BCUT2D eigenvalue weighted by Gasteiger charge is 2.35. The molecule has 1 aromatic carbocycles. The molecule has 1 aromatic rings. The van der Waals surface area contributed by atoms with E-state index in [0.29, 0.717) is 0 Å². The zero-order chi connectivity index (χ0) is 15.3. The van der Waals surface area contributed by atoms with E-state index >= 15 is 0 Å². The van der Waals surface area contributed by atoms with Gasteiger partial charge in [0.25, 0.3) is 0 Å². The van der Waals surface area contributed by atoms with Crippen LogP contribution >= 0.6 is 0 Å². The van der Waals surface area contributed by atoms with Crippen LogP contribution in [0.4, 0.5) is 17.6 Å². The Morgan fingerprint density at radius 3 is 2.50 bits per heavy atom. The third-order valence-corrected chi connectivity index (χ3v) is 2.33. The molecule has 0 fully saturated rings. The second-order valence-electron chi connectivity index (χ2n) is 3.77. The zero-order valence-electron chi connectivity index (χ0n) is 10.5. The maximum Gasteiger partial charge on any atom is 0.573 e. The SMILES string of the molecule is CCOC(=O)C(F)[C@@H](N)c1ccccc1OC(F)(F)F. The molecule has 0 aliphatic rings. The first-order valence-corrected chi connectivity index (χ1v) is 5.67. The molecule has 8 heteroatoms. The number of nitrogens with two attached hydrogens (primary N) is 1. The first-order valence-electron chi connectivity index (χ1n) is 5.67. The number of halogens is 4. The number of rotatable bonds is 5. The van der Waals surface area contributed by atoms with Crippen LogP contribution in [0.25, 0.3) is 0 Å². The fraction of sp³-hybridized carbons (Fsp3) is 0.417. The van der Waals surface area contributed by atoms with Crippen molar-refractivity contribution in [3.05, 3.63) is 29.8 Å². The van der Waals surface area contributed by atoms with Crippen LogP contribution in [-0.4, -0.2) is 25.1 Å². The molecule has 1 unspecified atom stereocenters. The zero-order valence-corrected chi connectivity index (χ0v) is 10.5. The molecule has 1 rings (SSSR count). The summed E-state index contributed by atoms with van der Waals surface area (Å²) < 4.78 is 58.6. The number of carbonyl (C=O) groups excluding carboxylic acids is 1. The average molecular weight is 295 g/mol. The Balaban J connectivity index is 2.98. The number of carbonyl (C=O) groups is 1. The van der Waals surface area contributed by atoms with Gasteiger partial charge < -0.3 is 15.2 Å². The highest BCUT2D eigenvalue weighted by Crippen LogP contribution is 2.31. The lowest BCUT2D eigenvalue weighted by atomic mass is 10.0. The van der Waals surface area contributed by atoms with Crippen molar-refractivity contribution in [3.63, 3.8) is 0 Å². The normalized spacial score (nSPS) is 14.5. The van der Waals surface area contributed by atoms with Crippen molar-refractivity contribution < 1.29 is 31.8 Å². The summed E-state index contributed by atoms with van der Waals surface area (Å²) in [6, 6.07) is 3.15. The molecule has 0 amide bonds. The number of hydrogen-bond donors (Lipinski definition) is 1. The molecule has 0 aromatic heterocycles. The van der Waals surface area contributed by atoms with E-state index in [1.807, 2.05) is 0 Å². The molecule has 0 aliphatic heterocycles. The van der Waals surface area contributed by atoms with Gasteiger partial charge in [-0.25, -0.2) is 9.18 Å². The van der Waals surface area contributed by atoms with E-state index in [-0.39, 0.29) is 12.2 Å².